The first-order valence-corrected chi connectivity index (χ1v) is 9.93. The molecule has 0 radical (unpaired) electrons. The smallest absolute Gasteiger partial charge is 0.295 e. The van der Waals surface area contributed by atoms with Gasteiger partial charge in [-0.25, -0.2) is 4.98 Å². The molecule has 1 saturated heterocycles. The average molecular weight is 402 g/mol. The number of hydrogen-bond acceptors (Lipinski definition) is 5. The summed E-state index contributed by atoms with van der Waals surface area (Å²) in [4.78, 5) is 30.3. The van der Waals surface area contributed by atoms with Gasteiger partial charge in [0, 0.05) is 36.3 Å². The third-order valence-electron chi connectivity index (χ3n) is 5.33. The van der Waals surface area contributed by atoms with Gasteiger partial charge >= 0.3 is 0 Å². The maximum Gasteiger partial charge on any atom is 0.295 e. The van der Waals surface area contributed by atoms with E-state index < -0.39 is 4.92 Å². The molecule has 2 heterocycles. The number of nitrogens with one attached hydrogen (secondary N) is 1. The van der Waals surface area contributed by atoms with Crippen LogP contribution >= 0.6 is 0 Å². The molecule has 0 saturated carbocycles. The topological polar surface area (TPSA) is 88.4 Å². The SMILES string of the molecule is O=C(Nc1ccccc1)C1CCN(c2ccc([N+](=O)[O-])c(-c3ccccc3)n2)CC1. The Labute approximate surface area is 174 Å². The maximum atomic E-state index is 12.5. The van der Waals surface area contributed by atoms with E-state index in [1.807, 2.05) is 60.7 Å². The Morgan fingerprint density at radius 3 is 2.23 bits per heavy atom. The molecule has 0 bridgehead atoms. The predicted molar refractivity (Wildman–Crippen MR) is 116 cm³/mol. The van der Waals surface area contributed by atoms with Crippen LogP contribution in [-0.2, 0) is 4.79 Å². The van der Waals surface area contributed by atoms with Crippen molar-refractivity contribution < 1.29 is 9.72 Å². The van der Waals surface area contributed by atoms with Gasteiger partial charge in [-0.05, 0) is 31.0 Å². The van der Waals surface area contributed by atoms with Gasteiger partial charge in [-0.3, -0.25) is 14.9 Å². The zero-order valence-corrected chi connectivity index (χ0v) is 16.4. The lowest BCUT2D eigenvalue weighted by atomic mass is 9.95. The number of aromatic nitrogens is 1. The Morgan fingerprint density at radius 1 is 0.967 bits per heavy atom. The van der Waals surface area contributed by atoms with Gasteiger partial charge < -0.3 is 10.2 Å². The first-order chi connectivity index (χ1) is 14.6. The second-order valence-electron chi connectivity index (χ2n) is 7.28. The Hall–Kier alpha value is -3.74. The standard InChI is InChI=1S/C23H22N4O3/c28-23(24-19-9-5-2-6-10-19)18-13-15-26(16-14-18)21-12-11-20(27(29)30)22(25-21)17-7-3-1-4-8-17/h1-12,18H,13-16H2,(H,24,28). The van der Waals surface area contributed by atoms with Crippen molar-refractivity contribution >= 4 is 23.1 Å². The second kappa shape index (κ2) is 8.73. The van der Waals surface area contributed by atoms with E-state index in [1.54, 1.807) is 6.07 Å². The minimum absolute atomic E-state index is 0.0120. The van der Waals surface area contributed by atoms with Gasteiger partial charge in [0.2, 0.25) is 5.91 Å². The fourth-order valence-electron chi connectivity index (χ4n) is 3.71. The van der Waals surface area contributed by atoms with Crippen molar-refractivity contribution in [2.24, 2.45) is 5.92 Å². The van der Waals surface area contributed by atoms with Gasteiger partial charge in [0.05, 0.1) is 4.92 Å². The molecule has 2 aromatic carbocycles. The van der Waals surface area contributed by atoms with Crippen molar-refractivity contribution in [2.75, 3.05) is 23.3 Å². The van der Waals surface area contributed by atoms with E-state index in [-0.39, 0.29) is 17.5 Å². The van der Waals surface area contributed by atoms with Crippen molar-refractivity contribution in [1.82, 2.24) is 4.98 Å². The number of anilines is 2. The lowest BCUT2D eigenvalue weighted by Crippen LogP contribution is -2.38. The number of nitrogens with zero attached hydrogens (tertiary/aromatic N) is 3. The highest BCUT2D eigenvalue weighted by atomic mass is 16.6. The molecular formula is C23H22N4O3. The van der Waals surface area contributed by atoms with E-state index in [0.717, 1.165) is 5.69 Å². The largest absolute Gasteiger partial charge is 0.357 e. The summed E-state index contributed by atoms with van der Waals surface area (Å²) in [7, 11) is 0. The lowest BCUT2D eigenvalue weighted by molar-refractivity contribution is -0.384. The Morgan fingerprint density at radius 2 is 1.60 bits per heavy atom. The molecule has 3 aromatic rings. The lowest BCUT2D eigenvalue weighted by Gasteiger charge is -2.32. The van der Waals surface area contributed by atoms with E-state index in [0.29, 0.717) is 43.0 Å². The summed E-state index contributed by atoms with van der Waals surface area (Å²) in [5, 5.41) is 14.4. The fraction of sp³-hybridized carbons (Fsp3) is 0.217. The Bertz CT molecular complexity index is 1030. The molecule has 1 N–H and O–H groups in total. The number of benzene rings is 2. The number of piperidine rings is 1. The highest BCUT2D eigenvalue weighted by molar-refractivity contribution is 5.92. The van der Waals surface area contributed by atoms with Crippen molar-refractivity contribution in [1.29, 1.82) is 0 Å². The second-order valence-corrected chi connectivity index (χ2v) is 7.28. The van der Waals surface area contributed by atoms with Crippen LogP contribution in [0.4, 0.5) is 17.2 Å². The van der Waals surface area contributed by atoms with Gasteiger partial charge in [-0.15, -0.1) is 0 Å². The maximum absolute atomic E-state index is 12.5. The summed E-state index contributed by atoms with van der Waals surface area (Å²) in [6, 6.07) is 21.8. The molecular weight excluding hydrogens is 380 g/mol. The van der Waals surface area contributed by atoms with Crippen LogP contribution in [0.2, 0.25) is 0 Å². The third-order valence-corrected chi connectivity index (χ3v) is 5.33. The molecule has 30 heavy (non-hydrogen) atoms. The molecule has 1 aromatic heterocycles. The van der Waals surface area contributed by atoms with Crippen LogP contribution in [0.15, 0.2) is 72.8 Å². The van der Waals surface area contributed by atoms with Crippen LogP contribution in [0.5, 0.6) is 0 Å². The molecule has 0 unspecified atom stereocenters. The molecule has 7 nitrogen and oxygen atoms in total. The molecule has 1 aliphatic heterocycles. The number of carbonyl (C=O) groups excluding carboxylic acids is 1. The molecule has 7 heteroatoms. The highest BCUT2D eigenvalue weighted by Gasteiger charge is 2.27. The predicted octanol–water partition coefficient (Wildman–Crippen LogP) is 4.51. The summed E-state index contributed by atoms with van der Waals surface area (Å²) >= 11 is 0. The Balaban J connectivity index is 1.47. The van der Waals surface area contributed by atoms with Gasteiger partial charge in [0.25, 0.3) is 5.69 Å². The van der Waals surface area contributed by atoms with Gasteiger partial charge in [-0.1, -0.05) is 48.5 Å². The number of pyridine rings is 1. The number of amides is 1. The molecule has 152 valence electrons. The molecule has 1 aliphatic rings. The van der Waals surface area contributed by atoms with Crippen LogP contribution in [0, 0.1) is 16.0 Å². The van der Waals surface area contributed by atoms with Gasteiger partial charge in [-0.2, -0.15) is 0 Å². The van der Waals surface area contributed by atoms with E-state index in [4.69, 9.17) is 0 Å². The van der Waals surface area contributed by atoms with E-state index in [1.165, 1.54) is 6.07 Å². The quantitative estimate of drug-likeness (QED) is 0.501. The molecule has 1 amide bonds. The Kier molecular flexibility index (Phi) is 5.70. The number of carbonyl (C=O) groups is 1. The van der Waals surface area contributed by atoms with E-state index in [2.05, 4.69) is 15.2 Å². The number of rotatable bonds is 5. The van der Waals surface area contributed by atoms with Crippen molar-refractivity contribution in [2.45, 2.75) is 12.8 Å². The third kappa shape index (κ3) is 4.30. The minimum Gasteiger partial charge on any atom is -0.357 e. The number of nitro groups is 1. The molecule has 1 fully saturated rings. The van der Waals surface area contributed by atoms with Gasteiger partial charge in [0.1, 0.15) is 5.82 Å². The zero-order chi connectivity index (χ0) is 20.9. The molecule has 0 aliphatic carbocycles. The number of para-hydroxylation sites is 1. The summed E-state index contributed by atoms with van der Waals surface area (Å²) in [6.07, 6.45) is 1.41. The molecule has 0 atom stereocenters. The normalized spacial score (nSPS) is 14.3. The van der Waals surface area contributed by atoms with Crippen LogP contribution in [0.25, 0.3) is 11.3 Å². The summed E-state index contributed by atoms with van der Waals surface area (Å²) in [5.41, 5.74) is 1.86. The average Bonchev–Trinajstić information content (AvgIpc) is 2.80. The summed E-state index contributed by atoms with van der Waals surface area (Å²) < 4.78 is 0. The first-order valence-electron chi connectivity index (χ1n) is 9.93. The minimum atomic E-state index is -0.404. The van der Waals surface area contributed by atoms with E-state index in [9.17, 15) is 14.9 Å². The summed E-state index contributed by atoms with van der Waals surface area (Å²) in [5.74, 6) is 0.664. The van der Waals surface area contributed by atoms with Crippen LogP contribution in [0.3, 0.4) is 0 Å². The van der Waals surface area contributed by atoms with Crippen molar-refractivity contribution in [3.8, 4) is 11.3 Å². The van der Waals surface area contributed by atoms with E-state index >= 15 is 0 Å². The van der Waals surface area contributed by atoms with Crippen LogP contribution < -0.4 is 10.2 Å². The van der Waals surface area contributed by atoms with Gasteiger partial charge in [0.15, 0.2) is 5.69 Å². The highest BCUT2D eigenvalue weighted by Crippen LogP contribution is 2.31. The van der Waals surface area contributed by atoms with Crippen LogP contribution in [0.1, 0.15) is 12.8 Å². The molecule has 0 spiro atoms. The summed E-state index contributed by atoms with van der Waals surface area (Å²) in [6.45, 7) is 1.35. The zero-order valence-electron chi connectivity index (χ0n) is 16.4. The first kappa shape index (κ1) is 19.6. The van der Waals surface area contributed by atoms with Crippen LogP contribution in [-0.4, -0.2) is 28.9 Å². The molecule has 4 rings (SSSR count). The van der Waals surface area contributed by atoms with Crippen molar-refractivity contribution in [3.05, 3.63) is 82.9 Å². The monoisotopic (exact) mass is 402 g/mol. The number of hydrogen-bond donors (Lipinski definition) is 1. The fourth-order valence-corrected chi connectivity index (χ4v) is 3.71. The van der Waals surface area contributed by atoms with Crippen molar-refractivity contribution in [3.63, 3.8) is 0 Å².